The third kappa shape index (κ3) is 2.16. The molecule has 1 rings (SSSR count). The van der Waals surface area contributed by atoms with Gasteiger partial charge >= 0.3 is 0 Å². The van der Waals surface area contributed by atoms with Gasteiger partial charge in [-0.3, -0.25) is 0 Å². The molecule has 1 aliphatic carbocycles. The van der Waals surface area contributed by atoms with Gasteiger partial charge in [-0.2, -0.15) is 0 Å². The van der Waals surface area contributed by atoms with E-state index in [1.165, 1.54) is 0 Å². The lowest BCUT2D eigenvalue weighted by molar-refractivity contribution is -0.774. The van der Waals surface area contributed by atoms with Gasteiger partial charge in [-0.15, -0.1) is 10.1 Å². The summed E-state index contributed by atoms with van der Waals surface area (Å²) < 4.78 is 0. The molecule has 88 valence electrons. The third-order valence-corrected chi connectivity index (χ3v) is 2.28. The van der Waals surface area contributed by atoms with Crippen molar-refractivity contribution in [2.75, 3.05) is 0 Å². The highest BCUT2D eigenvalue weighted by molar-refractivity contribution is 4.98. The second kappa shape index (κ2) is 4.24. The average molecular weight is 225 g/mol. The lowest BCUT2D eigenvalue weighted by Crippen LogP contribution is -2.64. The minimum Gasteiger partial charge on any atom is -0.388 e. The predicted octanol–water partition coefficient (Wildman–Crippen LogP) is -3.62. The minimum atomic E-state index is -1.86. The minimum absolute atomic E-state index is 1.27. The van der Waals surface area contributed by atoms with Gasteiger partial charge in [-0.05, 0) is 0 Å². The smallest absolute Gasteiger partial charge is 0.294 e. The van der Waals surface area contributed by atoms with E-state index in [-0.39, 0.29) is 0 Å². The third-order valence-electron chi connectivity index (χ3n) is 2.28. The van der Waals surface area contributed by atoms with Crippen LogP contribution in [0.2, 0.25) is 0 Å². The Morgan fingerprint density at radius 1 is 0.867 bits per heavy atom. The summed E-state index contributed by atoms with van der Waals surface area (Å²) in [5.41, 5.74) is 0. The molecule has 0 aromatic heterocycles. The second-order valence-corrected chi connectivity index (χ2v) is 3.25. The summed E-state index contributed by atoms with van der Waals surface area (Å²) in [5.74, 6) is 0. The van der Waals surface area contributed by atoms with Crippen molar-refractivity contribution in [3.05, 3.63) is 10.1 Å². The molecule has 0 amide bonds. The number of aliphatic hydroxyl groups excluding tert-OH is 5. The Kier molecular flexibility index (Phi) is 3.42. The fourth-order valence-corrected chi connectivity index (χ4v) is 1.42. The van der Waals surface area contributed by atoms with Crippen LogP contribution in [0.3, 0.4) is 0 Å². The molecule has 15 heavy (non-hydrogen) atoms. The highest BCUT2D eigenvalue weighted by Gasteiger charge is 2.50. The number of hydrogen-bond donors (Lipinski definition) is 5. The highest BCUT2D eigenvalue weighted by Crippen LogP contribution is 2.23. The Labute approximate surface area is 83.2 Å². The standard InChI is InChI=1S/C6H11NO8/c8-1-2(9)4(11)6(15-7(13)14)5(12)3(1)10/h1-6,8-12H. The van der Waals surface area contributed by atoms with E-state index < -0.39 is 41.7 Å². The Morgan fingerprint density at radius 2 is 1.20 bits per heavy atom. The molecular formula is C6H11NO8. The van der Waals surface area contributed by atoms with Gasteiger partial charge in [0.15, 0.2) is 6.10 Å². The molecule has 4 unspecified atom stereocenters. The molecule has 0 aromatic rings. The second-order valence-electron chi connectivity index (χ2n) is 3.25. The molecule has 9 heteroatoms. The largest absolute Gasteiger partial charge is 0.388 e. The molecule has 4 atom stereocenters. The Morgan fingerprint density at radius 3 is 1.53 bits per heavy atom. The van der Waals surface area contributed by atoms with E-state index in [4.69, 9.17) is 15.3 Å². The lowest BCUT2D eigenvalue weighted by atomic mass is 9.85. The molecule has 0 saturated heterocycles. The first kappa shape index (κ1) is 12.1. The first-order valence-electron chi connectivity index (χ1n) is 4.07. The van der Waals surface area contributed by atoms with Crippen LogP contribution in [-0.4, -0.2) is 67.2 Å². The van der Waals surface area contributed by atoms with Crippen molar-refractivity contribution in [1.29, 1.82) is 0 Å². The summed E-state index contributed by atoms with van der Waals surface area (Å²) >= 11 is 0. The molecule has 0 heterocycles. The van der Waals surface area contributed by atoms with Gasteiger partial charge in [0.25, 0.3) is 5.09 Å². The molecule has 5 N–H and O–H groups in total. The fourth-order valence-electron chi connectivity index (χ4n) is 1.42. The Balaban J connectivity index is 2.81. The molecule has 0 aromatic carbocycles. The fraction of sp³-hybridized carbons (Fsp3) is 1.00. The SMILES string of the molecule is O=[N+]([O-])OC1C(O)C(O)C(O)C(O)C1O. The van der Waals surface area contributed by atoms with Gasteiger partial charge in [0.1, 0.15) is 30.5 Å². The highest BCUT2D eigenvalue weighted by atomic mass is 17.0. The molecule has 1 saturated carbocycles. The number of aliphatic hydroxyl groups is 5. The summed E-state index contributed by atoms with van der Waals surface area (Å²) in [6.45, 7) is 0. The van der Waals surface area contributed by atoms with E-state index in [9.17, 15) is 20.3 Å². The molecule has 0 bridgehead atoms. The van der Waals surface area contributed by atoms with Crippen molar-refractivity contribution >= 4 is 0 Å². The molecule has 0 spiro atoms. The van der Waals surface area contributed by atoms with E-state index in [1.807, 2.05) is 0 Å². The van der Waals surface area contributed by atoms with E-state index in [0.717, 1.165) is 0 Å². The van der Waals surface area contributed by atoms with Gasteiger partial charge in [-0.1, -0.05) is 0 Å². The maximum absolute atomic E-state index is 9.99. The summed E-state index contributed by atoms with van der Waals surface area (Å²) in [6, 6.07) is 0. The van der Waals surface area contributed by atoms with E-state index in [1.54, 1.807) is 0 Å². The maximum Gasteiger partial charge on any atom is 0.294 e. The maximum atomic E-state index is 9.99. The van der Waals surface area contributed by atoms with Crippen LogP contribution < -0.4 is 0 Å². The Hall–Kier alpha value is -1.00. The van der Waals surface area contributed by atoms with E-state index in [0.29, 0.717) is 0 Å². The van der Waals surface area contributed by atoms with Crippen LogP contribution in [0.5, 0.6) is 0 Å². The van der Waals surface area contributed by atoms with Crippen molar-refractivity contribution < 1.29 is 35.5 Å². The van der Waals surface area contributed by atoms with Crippen molar-refractivity contribution in [2.24, 2.45) is 0 Å². The van der Waals surface area contributed by atoms with Gasteiger partial charge < -0.3 is 30.4 Å². The van der Waals surface area contributed by atoms with Crippen molar-refractivity contribution in [2.45, 2.75) is 36.6 Å². The van der Waals surface area contributed by atoms with Crippen LogP contribution in [-0.2, 0) is 4.84 Å². The molecule has 0 aliphatic heterocycles. The van der Waals surface area contributed by atoms with E-state index in [2.05, 4.69) is 4.84 Å². The van der Waals surface area contributed by atoms with Gasteiger partial charge in [-0.25, -0.2) is 0 Å². The monoisotopic (exact) mass is 225 g/mol. The van der Waals surface area contributed by atoms with Gasteiger partial charge in [0.05, 0.1) is 0 Å². The summed E-state index contributed by atoms with van der Waals surface area (Å²) in [6.07, 6.45) is -11.0. The van der Waals surface area contributed by atoms with Crippen LogP contribution >= 0.6 is 0 Å². The van der Waals surface area contributed by atoms with Crippen LogP contribution in [0.15, 0.2) is 0 Å². The number of hydrogen-bond acceptors (Lipinski definition) is 8. The normalized spacial score (nSPS) is 46.2. The lowest BCUT2D eigenvalue weighted by Gasteiger charge is -2.40. The summed E-state index contributed by atoms with van der Waals surface area (Å²) in [7, 11) is 0. The summed E-state index contributed by atoms with van der Waals surface area (Å²) in [5, 5.41) is 54.6. The zero-order valence-corrected chi connectivity index (χ0v) is 7.37. The molecule has 1 aliphatic rings. The van der Waals surface area contributed by atoms with Gasteiger partial charge in [0, 0.05) is 0 Å². The van der Waals surface area contributed by atoms with Crippen LogP contribution in [0.25, 0.3) is 0 Å². The predicted molar refractivity (Wildman–Crippen MR) is 41.9 cm³/mol. The van der Waals surface area contributed by atoms with Crippen molar-refractivity contribution in [3.8, 4) is 0 Å². The molecule has 1 fully saturated rings. The molecule has 9 nitrogen and oxygen atoms in total. The van der Waals surface area contributed by atoms with Gasteiger partial charge in [0.2, 0.25) is 0 Å². The Bertz CT molecular complexity index is 231. The van der Waals surface area contributed by atoms with Crippen molar-refractivity contribution in [3.63, 3.8) is 0 Å². The number of rotatable bonds is 2. The number of nitrogens with zero attached hydrogens (tertiary/aromatic N) is 1. The first-order valence-corrected chi connectivity index (χ1v) is 4.07. The van der Waals surface area contributed by atoms with Crippen LogP contribution in [0.4, 0.5) is 0 Å². The van der Waals surface area contributed by atoms with E-state index >= 15 is 0 Å². The average Bonchev–Trinajstić information content (AvgIpc) is 2.18. The first-order chi connectivity index (χ1) is 6.86. The van der Waals surface area contributed by atoms with Crippen LogP contribution in [0, 0.1) is 10.1 Å². The summed E-state index contributed by atoms with van der Waals surface area (Å²) in [4.78, 5) is 13.9. The molecule has 0 radical (unpaired) electrons. The van der Waals surface area contributed by atoms with Crippen LogP contribution in [0.1, 0.15) is 0 Å². The zero-order chi connectivity index (χ0) is 11.7. The molecular weight excluding hydrogens is 214 g/mol. The zero-order valence-electron chi connectivity index (χ0n) is 7.37. The topological polar surface area (TPSA) is 154 Å². The quantitative estimate of drug-likeness (QED) is 0.238. The van der Waals surface area contributed by atoms with Crippen molar-refractivity contribution in [1.82, 2.24) is 0 Å².